The Balaban J connectivity index is 2.16. The number of hydrogen-bond donors (Lipinski definition) is 2. The molecule has 1 aliphatic rings. The zero-order chi connectivity index (χ0) is 11.5. The van der Waals surface area contributed by atoms with Crippen LogP contribution in [0.15, 0.2) is 0 Å². The minimum Gasteiger partial charge on any atom is -0.383 e. The Morgan fingerprint density at radius 3 is 2.67 bits per heavy atom. The molecule has 0 heterocycles. The molecule has 1 aliphatic carbocycles. The smallest absolute Gasteiger partial charge is 0.236 e. The van der Waals surface area contributed by atoms with E-state index in [2.05, 4.69) is 24.5 Å². The SMILES string of the molecule is COCCNC(=O)C(C)NC1CC1(C)C. The molecule has 0 aromatic carbocycles. The quantitative estimate of drug-likeness (QED) is 0.634. The summed E-state index contributed by atoms with van der Waals surface area (Å²) in [4.78, 5) is 11.6. The first kappa shape index (κ1) is 12.5. The molecule has 0 spiro atoms. The van der Waals surface area contributed by atoms with Crippen LogP contribution in [0.5, 0.6) is 0 Å². The zero-order valence-electron chi connectivity index (χ0n) is 10.1. The fraction of sp³-hybridized carbons (Fsp3) is 0.909. The number of ether oxygens (including phenoxy) is 1. The van der Waals surface area contributed by atoms with Gasteiger partial charge in [-0.15, -0.1) is 0 Å². The molecule has 0 aromatic heterocycles. The average Bonchev–Trinajstić information content (AvgIpc) is 2.73. The van der Waals surface area contributed by atoms with E-state index in [1.54, 1.807) is 7.11 Å². The maximum Gasteiger partial charge on any atom is 0.236 e. The van der Waals surface area contributed by atoms with Gasteiger partial charge >= 0.3 is 0 Å². The van der Waals surface area contributed by atoms with Crippen LogP contribution in [-0.2, 0) is 9.53 Å². The molecule has 88 valence electrons. The molecule has 2 atom stereocenters. The maximum atomic E-state index is 11.6. The van der Waals surface area contributed by atoms with Crippen molar-refractivity contribution in [3.63, 3.8) is 0 Å². The van der Waals surface area contributed by atoms with E-state index in [0.29, 0.717) is 24.6 Å². The van der Waals surface area contributed by atoms with Crippen molar-refractivity contribution in [2.75, 3.05) is 20.3 Å². The van der Waals surface area contributed by atoms with E-state index in [4.69, 9.17) is 4.74 Å². The first-order chi connectivity index (χ1) is 6.97. The molecular formula is C11H22N2O2. The van der Waals surface area contributed by atoms with Crippen molar-refractivity contribution < 1.29 is 9.53 Å². The molecule has 1 saturated carbocycles. The minimum atomic E-state index is -0.117. The Morgan fingerprint density at radius 1 is 1.60 bits per heavy atom. The van der Waals surface area contributed by atoms with Crippen LogP contribution in [0, 0.1) is 5.41 Å². The lowest BCUT2D eigenvalue weighted by molar-refractivity contribution is -0.123. The van der Waals surface area contributed by atoms with Gasteiger partial charge in [-0.25, -0.2) is 0 Å². The first-order valence-electron chi connectivity index (χ1n) is 5.50. The number of hydrogen-bond acceptors (Lipinski definition) is 3. The Bertz CT molecular complexity index is 229. The van der Waals surface area contributed by atoms with Crippen molar-refractivity contribution in [2.24, 2.45) is 5.41 Å². The zero-order valence-corrected chi connectivity index (χ0v) is 10.1. The van der Waals surface area contributed by atoms with Crippen LogP contribution in [0.25, 0.3) is 0 Å². The van der Waals surface area contributed by atoms with Crippen molar-refractivity contribution >= 4 is 5.91 Å². The molecule has 4 heteroatoms. The van der Waals surface area contributed by atoms with Crippen LogP contribution in [0.2, 0.25) is 0 Å². The van der Waals surface area contributed by atoms with E-state index in [0.717, 1.165) is 6.42 Å². The van der Waals surface area contributed by atoms with Gasteiger partial charge in [0, 0.05) is 19.7 Å². The predicted octanol–water partition coefficient (Wildman–Crippen LogP) is 0.526. The van der Waals surface area contributed by atoms with Crippen LogP contribution in [-0.4, -0.2) is 38.3 Å². The second-order valence-electron chi connectivity index (χ2n) is 4.92. The second kappa shape index (κ2) is 4.94. The molecular weight excluding hydrogens is 192 g/mol. The topological polar surface area (TPSA) is 50.4 Å². The van der Waals surface area contributed by atoms with Gasteiger partial charge in [-0.3, -0.25) is 4.79 Å². The van der Waals surface area contributed by atoms with Crippen LogP contribution >= 0.6 is 0 Å². The lowest BCUT2D eigenvalue weighted by Gasteiger charge is -2.14. The number of rotatable bonds is 6. The molecule has 2 N–H and O–H groups in total. The lowest BCUT2D eigenvalue weighted by Crippen LogP contribution is -2.44. The van der Waals surface area contributed by atoms with E-state index in [9.17, 15) is 4.79 Å². The normalized spacial score (nSPS) is 24.7. The molecule has 0 aliphatic heterocycles. The van der Waals surface area contributed by atoms with Crippen molar-refractivity contribution in [1.82, 2.24) is 10.6 Å². The van der Waals surface area contributed by atoms with Crippen molar-refractivity contribution in [3.8, 4) is 0 Å². The third-order valence-corrected chi connectivity index (χ3v) is 2.96. The number of methoxy groups -OCH3 is 1. The molecule has 0 radical (unpaired) electrons. The van der Waals surface area contributed by atoms with Crippen molar-refractivity contribution in [3.05, 3.63) is 0 Å². The summed E-state index contributed by atoms with van der Waals surface area (Å²) >= 11 is 0. The van der Waals surface area contributed by atoms with Crippen LogP contribution in [0.4, 0.5) is 0 Å². The highest BCUT2D eigenvalue weighted by Gasteiger charge is 2.46. The maximum absolute atomic E-state index is 11.6. The summed E-state index contributed by atoms with van der Waals surface area (Å²) in [6.07, 6.45) is 1.16. The number of carbonyl (C=O) groups excluding carboxylic acids is 1. The van der Waals surface area contributed by atoms with Crippen molar-refractivity contribution in [1.29, 1.82) is 0 Å². The van der Waals surface area contributed by atoms with Crippen LogP contribution in [0.1, 0.15) is 27.2 Å². The van der Waals surface area contributed by atoms with Gasteiger partial charge in [0.15, 0.2) is 0 Å². The molecule has 1 fully saturated rings. The average molecular weight is 214 g/mol. The summed E-state index contributed by atoms with van der Waals surface area (Å²) in [5, 5.41) is 6.14. The predicted molar refractivity (Wildman–Crippen MR) is 59.7 cm³/mol. The summed E-state index contributed by atoms with van der Waals surface area (Å²) in [5.41, 5.74) is 0.362. The van der Waals surface area contributed by atoms with Crippen molar-refractivity contribution in [2.45, 2.75) is 39.3 Å². The standard InChI is InChI=1S/C11H22N2O2/c1-8(10(14)12-5-6-15-4)13-9-7-11(9,2)3/h8-9,13H,5-7H2,1-4H3,(H,12,14). The Labute approximate surface area is 91.8 Å². The largest absolute Gasteiger partial charge is 0.383 e. The van der Waals surface area contributed by atoms with Gasteiger partial charge < -0.3 is 15.4 Å². The van der Waals surface area contributed by atoms with Gasteiger partial charge in [0.2, 0.25) is 5.91 Å². The van der Waals surface area contributed by atoms with E-state index >= 15 is 0 Å². The third-order valence-electron chi connectivity index (χ3n) is 2.96. The number of amides is 1. The second-order valence-corrected chi connectivity index (χ2v) is 4.92. The van der Waals surface area contributed by atoms with Gasteiger partial charge in [-0.1, -0.05) is 13.8 Å². The van der Waals surface area contributed by atoms with Gasteiger partial charge in [-0.2, -0.15) is 0 Å². The summed E-state index contributed by atoms with van der Waals surface area (Å²) in [5.74, 6) is 0.0507. The number of carbonyl (C=O) groups is 1. The van der Waals surface area contributed by atoms with E-state index in [1.165, 1.54) is 0 Å². The molecule has 0 bridgehead atoms. The highest BCUT2D eigenvalue weighted by molar-refractivity contribution is 5.81. The minimum absolute atomic E-state index is 0.0507. The highest BCUT2D eigenvalue weighted by Crippen LogP contribution is 2.44. The van der Waals surface area contributed by atoms with E-state index in [1.807, 2.05) is 6.92 Å². The fourth-order valence-electron chi connectivity index (χ4n) is 1.56. The molecule has 4 nitrogen and oxygen atoms in total. The molecule has 2 unspecified atom stereocenters. The Kier molecular flexibility index (Phi) is 4.11. The Morgan fingerprint density at radius 2 is 2.20 bits per heavy atom. The monoisotopic (exact) mass is 214 g/mol. The van der Waals surface area contributed by atoms with E-state index < -0.39 is 0 Å². The van der Waals surface area contributed by atoms with Gasteiger partial charge in [0.05, 0.1) is 12.6 Å². The lowest BCUT2D eigenvalue weighted by atomic mass is 10.2. The summed E-state index contributed by atoms with van der Waals surface area (Å²) in [6.45, 7) is 7.46. The molecule has 0 saturated heterocycles. The van der Waals surface area contributed by atoms with Gasteiger partial charge in [0.25, 0.3) is 0 Å². The van der Waals surface area contributed by atoms with E-state index in [-0.39, 0.29) is 11.9 Å². The van der Waals surface area contributed by atoms with Gasteiger partial charge in [0.1, 0.15) is 0 Å². The fourth-order valence-corrected chi connectivity index (χ4v) is 1.56. The van der Waals surface area contributed by atoms with Gasteiger partial charge in [-0.05, 0) is 18.8 Å². The number of nitrogens with one attached hydrogen (secondary N) is 2. The summed E-state index contributed by atoms with van der Waals surface area (Å²) in [7, 11) is 1.63. The van der Waals surface area contributed by atoms with Crippen LogP contribution in [0.3, 0.4) is 0 Å². The molecule has 15 heavy (non-hydrogen) atoms. The summed E-state index contributed by atoms with van der Waals surface area (Å²) < 4.78 is 4.86. The molecule has 1 amide bonds. The third kappa shape index (κ3) is 3.80. The summed E-state index contributed by atoms with van der Waals surface area (Å²) in [6, 6.07) is 0.370. The highest BCUT2D eigenvalue weighted by atomic mass is 16.5. The first-order valence-corrected chi connectivity index (χ1v) is 5.50. The molecule has 1 rings (SSSR count). The van der Waals surface area contributed by atoms with Crippen LogP contribution < -0.4 is 10.6 Å². The Hall–Kier alpha value is -0.610. The molecule has 0 aromatic rings.